The molecule has 1 heterocycles. The minimum absolute atomic E-state index is 0.0164. The van der Waals surface area contributed by atoms with Crippen LogP contribution in [0.5, 0.6) is 0 Å². The minimum atomic E-state index is -3.76. The molecule has 30 heavy (non-hydrogen) atoms. The van der Waals surface area contributed by atoms with Crippen LogP contribution in [0.1, 0.15) is 28.9 Å². The average molecular weight is 492 g/mol. The Hall–Kier alpha value is -1.35. The molecule has 2 aromatic carbocycles. The molecule has 1 saturated heterocycles. The van der Waals surface area contributed by atoms with Crippen molar-refractivity contribution in [2.45, 2.75) is 17.9 Å². The van der Waals surface area contributed by atoms with Crippen molar-refractivity contribution >= 4 is 50.7 Å². The van der Waals surface area contributed by atoms with Crippen LogP contribution in [-0.4, -0.2) is 56.9 Å². The summed E-state index contributed by atoms with van der Waals surface area (Å²) in [6.07, 6.45) is 0. The van der Waals surface area contributed by atoms with Gasteiger partial charge < -0.3 is 9.64 Å². The second-order valence-corrected chi connectivity index (χ2v) is 10.1. The lowest BCUT2D eigenvalue weighted by molar-refractivity contribution is 0.0729. The van der Waals surface area contributed by atoms with Crippen LogP contribution >= 0.6 is 34.8 Å². The zero-order valence-corrected chi connectivity index (χ0v) is 19.5. The van der Waals surface area contributed by atoms with E-state index in [1.54, 1.807) is 25.2 Å². The van der Waals surface area contributed by atoms with Gasteiger partial charge in [-0.25, -0.2) is 8.42 Å². The molecule has 0 radical (unpaired) electrons. The molecule has 10 heteroatoms. The maximum absolute atomic E-state index is 13.2. The highest BCUT2D eigenvalue weighted by Crippen LogP contribution is 2.31. The fourth-order valence-electron chi connectivity index (χ4n) is 3.18. The van der Waals surface area contributed by atoms with Gasteiger partial charge in [0.2, 0.25) is 10.0 Å². The topological polar surface area (TPSA) is 66.9 Å². The van der Waals surface area contributed by atoms with Gasteiger partial charge in [0.25, 0.3) is 5.91 Å². The molecule has 1 amide bonds. The first-order valence-corrected chi connectivity index (χ1v) is 11.8. The van der Waals surface area contributed by atoms with Crippen LogP contribution in [0.25, 0.3) is 0 Å². The largest absolute Gasteiger partial charge is 0.379 e. The number of nitrogens with zero attached hydrogens (tertiary/aromatic N) is 2. The van der Waals surface area contributed by atoms with E-state index in [-0.39, 0.29) is 28.6 Å². The predicted octanol–water partition coefficient (Wildman–Crippen LogP) is 4.50. The van der Waals surface area contributed by atoms with Crippen molar-refractivity contribution in [1.82, 2.24) is 9.21 Å². The first-order valence-electron chi connectivity index (χ1n) is 9.22. The Balaban J connectivity index is 1.91. The molecule has 2 aromatic rings. The van der Waals surface area contributed by atoms with Crippen LogP contribution in [-0.2, 0) is 14.8 Å². The molecule has 162 valence electrons. The molecular weight excluding hydrogens is 471 g/mol. The summed E-state index contributed by atoms with van der Waals surface area (Å²) in [4.78, 5) is 14.6. The van der Waals surface area contributed by atoms with E-state index in [2.05, 4.69) is 0 Å². The Morgan fingerprint density at radius 2 is 1.73 bits per heavy atom. The third-order valence-electron chi connectivity index (χ3n) is 5.09. The van der Waals surface area contributed by atoms with Gasteiger partial charge in [-0.1, -0.05) is 40.9 Å². The summed E-state index contributed by atoms with van der Waals surface area (Å²) in [5.74, 6) is -0.419. The van der Waals surface area contributed by atoms with E-state index in [1.807, 2.05) is 6.92 Å². The van der Waals surface area contributed by atoms with E-state index in [0.29, 0.717) is 28.8 Å². The van der Waals surface area contributed by atoms with Gasteiger partial charge in [-0.2, -0.15) is 4.31 Å². The van der Waals surface area contributed by atoms with Gasteiger partial charge in [0.15, 0.2) is 0 Å². The van der Waals surface area contributed by atoms with Gasteiger partial charge in [0.1, 0.15) is 0 Å². The number of amides is 1. The molecule has 0 saturated carbocycles. The minimum Gasteiger partial charge on any atom is -0.379 e. The molecule has 0 aromatic heterocycles. The maximum Gasteiger partial charge on any atom is 0.255 e. The fraction of sp³-hybridized carbons (Fsp3) is 0.350. The number of rotatable bonds is 5. The van der Waals surface area contributed by atoms with E-state index in [9.17, 15) is 13.2 Å². The molecule has 1 aliphatic rings. The molecule has 6 nitrogen and oxygen atoms in total. The van der Waals surface area contributed by atoms with Crippen LogP contribution in [0.2, 0.25) is 15.1 Å². The third-order valence-corrected chi connectivity index (χ3v) is 7.88. The van der Waals surface area contributed by atoms with Crippen molar-refractivity contribution in [3.8, 4) is 0 Å². The van der Waals surface area contributed by atoms with E-state index in [0.717, 1.165) is 0 Å². The summed E-state index contributed by atoms with van der Waals surface area (Å²) in [7, 11) is -2.15. The summed E-state index contributed by atoms with van der Waals surface area (Å²) < 4.78 is 32.5. The van der Waals surface area contributed by atoms with Gasteiger partial charge >= 0.3 is 0 Å². The third kappa shape index (κ3) is 4.77. The molecule has 3 rings (SSSR count). The van der Waals surface area contributed by atoms with Crippen LogP contribution in [0, 0.1) is 0 Å². The molecule has 1 atom stereocenters. The Labute approximate surface area is 191 Å². The smallest absolute Gasteiger partial charge is 0.255 e. The zero-order chi connectivity index (χ0) is 22.1. The highest BCUT2D eigenvalue weighted by molar-refractivity contribution is 7.89. The number of ether oxygens (including phenoxy) is 1. The fourth-order valence-corrected chi connectivity index (χ4v) is 5.38. The molecule has 1 aliphatic heterocycles. The van der Waals surface area contributed by atoms with Gasteiger partial charge in [-0.15, -0.1) is 0 Å². The number of sulfonamides is 1. The number of carbonyl (C=O) groups is 1. The molecule has 1 unspecified atom stereocenters. The SMILES string of the molecule is CC(c1ccc(Cl)cc1Cl)N(C)C(=O)c1cc(S(=O)(=O)N2CCOCC2)ccc1Cl. The Morgan fingerprint density at radius 3 is 2.37 bits per heavy atom. The molecular formula is C20H21Cl3N2O4S. The van der Waals surface area contributed by atoms with Gasteiger partial charge in [0, 0.05) is 30.2 Å². The highest BCUT2D eigenvalue weighted by atomic mass is 35.5. The van der Waals surface area contributed by atoms with E-state index in [1.165, 1.54) is 27.4 Å². The zero-order valence-electron chi connectivity index (χ0n) is 16.4. The van der Waals surface area contributed by atoms with Crippen LogP contribution in [0.4, 0.5) is 0 Å². The average Bonchev–Trinajstić information content (AvgIpc) is 2.73. The van der Waals surface area contributed by atoms with Crippen molar-refractivity contribution in [2.24, 2.45) is 0 Å². The lowest BCUT2D eigenvalue weighted by Gasteiger charge is -2.28. The predicted molar refractivity (Wildman–Crippen MR) is 118 cm³/mol. The highest BCUT2D eigenvalue weighted by Gasteiger charge is 2.29. The lowest BCUT2D eigenvalue weighted by Crippen LogP contribution is -2.40. The normalized spacial score (nSPS) is 16.3. The number of hydrogen-bond donors (Lipinski definition) is 0. The number of carbonyl (C=O) groups excluding carboxylic acids is 1. The monoisotopic (exact) mass is 490 g/mol. The summed E-state index contributed by atoms with van der Waals surface area (Å²) in [6.45, 7) is 3.01. The number of benzene rings is 2. The molecule has 0 bridgehead atoms. The van der Waals surface area contributed by atoms with Crippen LogP contribution in [0.15, 0.2) is 41.3 Å². The van der Waals surface area contributed by atoms with Gasteiger partial charge in [-0.05, 0) is 42.8 Å². The van der Waals surface area contributed by atoms with Crippen molar-refractivity contribution in [1.29, 1.82) is 0 Å². The summed E-state index contributed by atoms with van der Waals surface area (Å²) in [6, 6.07) is 8.81. The van der Waals surface area contributed by atoms with Crippen LogP contribution in [0.3, 0.4) is 0 Å². The maximum atomic E-state index is 13.2. The van der Waals surface area contributed by atoms with Gasteiger partial charge in [-0.3, -0.25) is 4.79 Å². The first-order chi connectivity index (χ1) is 14.1. The van der Waals surface area contributed by atoms with E-state index < -0.39 is 22.0 Å². The van der Waals surface area contributed by atoms with Crippen molar-refractivity contribution < 1.29 is 17.9 Å². The molecule has 0 aliphatic carbocycles. The van der Waals surface area contributed by atoms with E-state index >= 15 is 0 Å². The Bertz CT molecular complexity index is 1060. The summed E-state index contributed by atoms with van der Waals surface area (Å²) in [5, 5.41) is 1.10. The quantitative estimate of drug-likeness (QED) is 0.617. The summed E-state index contributed by atoms with van der Waals surface area (Å²) in [5.41, 5.74) is 0.815. The Kier molecular flexibility index (Phi) is 7.32. The van der Waals surface area contributed by atoms with Gasteiger partial charge in [0.05, 0.1) is 34.7 Å². The van der Waals surface area contributed by atoms with Crippen molar-refractivity contribution in [2.75, 3.05) is 33.4 Å². The Morgan fingerprint density at radius 1 is 1.07 bits per heavy atom. The lowest BCUT2D eigenvalue weighted by atomic mass is 10.1. The number of morpholine rings is 1. The number of halogens is 3. The van der Waals surface area contributed by atoms with E-state index in [4.69, 9.17) is 39.5 Å². The molecule has 0 N–H and O–H groups in total. The summed E-state index contributed by atoms with van der Waals surface area (Å²) >= 11 is 18.5. The van der Waals surface area contributed by atoms with Crippen LogP contribution < -0.4 is 0 Å². The first kappa shape index (κ1) is 23.3. The molecule has 1 fully saturated rings. The second kappa shape index (κ2) is 9.42. The van der Waals surface area contributed by atoms with Crippen molar-refractivity contribution in [3.63, 3.8) is 0 Å². The standard InChI is InChI=1S/C20H21Cl3N2O4S/c1-13(16-5-3-14(21)11-19(16)23)24(2)20(26)17-12-15(4-6-18(17)22)30(27,28)25-7-9-29-10-8-25/h3-6,11-13H,7-10H2,1-2H3. The second-order valence-electron chi connectivity index (χ2n) is 6.92. The van der Waals surface area contributed by atoms with Crippen molar-refractivity contribution in [3.05, 3.63) is 62.6 Å². The number of hydrogen-bond acceptors (Lipinski definition) is 4. The molecule has 0 spiro atoms.